The molecule has 0 unspecified atom stereocenters. The molecule has 0 saturated carbocycles. The molecule has 0 aromatic carbocycles. The van der Waals surface area contributed by atoms with Crippen molar-refractivity contribution in [2.75, 3.05) is 13.2 Å². The van der Waals surface area contributed by atoms with Crippen LogP contribution in [0.1, 0.15) is 38.5 Å². The van der Waals surface area contributed by atoms with E-state index < -0.39 is 16.6 Å². The van der Waals surface area contributed by atoms with Crippen LogP contribution in [0.25, 0.3) is 0 Å². The van der Waals surface area contributed by atoms with Gasteiger partial charge in [0.2, 0.25) is 0 Å². The Labute approximate surface area is 213 Å². The van der Waals surface area contributed by atoms with Crippen LogP contribution in [-0.4, -0.2) is 29.8 Å². The molecule has 2 nitrogen and oxygen atoms in total. The monoisotopic (exact) mass is 550 g/mol. The van der Waals surface area contributed by atoms with Crippen molar-refractivity contribution in [3.05, 3.63) is 47.6 Å². The molecular weight excluding hydrogens is 515 g/mol. The van der Waals surface area contributed by atoms with E-state index in [0.717, 1.165) is 51.7 Å². The molecule has 0 fully saturated rings. The summed E-state index contributed by atoms with van der Waals surface area (Å²) in [6, 6.07) is 0. The smallest absolute Gasteiger partial charge is 1.00 e. The van der Waals surface area contributed by atoms with E-state index in [9.17, 15) is 0 Å². The summed E-state index contributed by atoms with van der Waals surface area (Å²) in [5.41, 5.74) is 2.72. The summed E-state index contributed by atoms with van der Waals surface area (Å²) in [6.45, 7) is 15.2. The van der Waals surface area contributed by atoms with Gasteiger partial charge in [0.1, 0.15) is 0 Å². The van der Waals surface area contributed by atoms with Crippen molar-refractivity contribution in [3.63, 3.8) is 0 Å². The van der Waals surface area contributed by atoms with Crippen LogP contribution in [0.3, 0.4) is 0 Å². The van der Waals surface area contributed by atoms with E-state index in [1.807, 2.05) is 0 Å². The third-order valence-corrected chi connectivity index (χ3v) is 5.92. The third-order valence-electron chi connectivity index (χ3n) is 3.78. The number of halogens is 2. The fourth-order valence-corrected chi connectivity index (χ4v) is 4.04. The summed E-state index contributed by atoms with van der Waals surface area (Å²) < 4.78 is 11.5. The quantitative estimate of drug-likeness (QED) is 0.225. The van der Waals surface area contributed by atoms with Gasteiger partial charge in [0.05, 0.1) is 0 Å². The van der Waals surface area contributed by atoms with Crippen molar-refractivity contribution in [2.45, 2.75) is 77.8 Å². The standard InChI is InChI=1S/2C11H19OSi.2ClH.Zr/c2*1-13(2,3)12-10-6-9-11-7-4-5-8-11;;;/h2*4,7H,5-6,9-10H2,1-3H3;2*1H;/q2*-1;;;+4/p-2. The molecule has 0 spiro atoms. The molecule has 0 atom stereocenters. The molecule has 0 radical (unpaired) electrons. The first-order valence-electron chi connectivity index (χ1n) is 9.96. The molecule has 0 heterocycles. The molecule has 0 aromatic heterocycles. The van der Waals surface area contributed by atoms with E-state index in [1.165, 1.54) is 11.1 Å². The summed E-state index contributed by atoms with van der Waals surface area (Å²) in [5, 5.41) is 0. The van der Waals surface area contributed by atoms with Crippen LogP contribution in [0.4, 0.5) is 0 Å². The van der Waals surface area contributed by atoms with Crippen LogP contribution in [0.2, 0.25) is 39.3 Å². The molecule has 7 heteroatoms. The zero-order valence-electron chi connectivity index (χ0n) is 19.0. The number of allylic oxidation sites excluding steroid dienone is 8. The maximum atomic E-state index is 5.76. The molecule has 0 N–H and O–H groups in total. The van der Waals surface area contributed by atoms with E-state index >= 15 is 0 Å². The van der Waals surface area contributed by atoms with E-state index in [4.69, 9.17) is 8.85 Å². The largest absolute Gasteiger partial charge is 4.00 e. The van der Waals surface area contributed by atoms with Crippen LogP contribution >= 0.6 is 0 Å². The van der Waals surface area contributed by atoms with Crippen LogP contribution in [0.5, 0.6) is 0 Å². The molecular formula is C22H38Cl2O2Si2Zr. The Bertz CT molecular complexity index is 486. The minimum Gasteiger partial charge on any atom is -1.00 e. The fraction of sp³-hybridized carbons (Fsp3) is 0.636. The molecule has 0 aliphatic heterocycles. The Kier molecular flexibility index (Phi) is 21.8. The molecule has 0 bridgehead atoms. The summed E-state index contributed by atoms with van der Waals surface area (Å²) in [4.78, 5) is 0. The summed E-state index contributed by atoms with van der Waals surface area (Å²) in [6.07, 6.45) is 21.8. The zero-order chi connectivity index (χ0) is 19.5. The molecule has 164 valence electrons. The SMILES string of the molecule is C[Si](C)(C)OCCCC1=[C-]CC=C1.C[Si](C)(C)OCCCC1=[C-]CC=C1.[Cl-].[Cl-].[Zr+4]. The molecule has 0 aromatic rings. The Morgan fingerprint density at radius 3 is 1.31 bits per heavy atom. The Balaban J connectivity index is -0.000000422. The maximum Gasteiger partial charge on any atom is 4.00 e. The predicted octanol–water partition coefficient (Wildman–Crippen LogP) is 0.621. The molecule has 2 aliphatic rings. The molecule has 0 saturated heterocycles. The van der Waals surface area contributed by atoms with Crippen LogP contribution in [0, 0.1) is 12.2 Å². The maximum absolute atomic E-state index is 5.76. The minimum absolute atomic E-state index is 0. The average Bonchev–Trinajstić information content (AvgIpc) is 3.20. The van der Waals surface area contributed by atoms with Gasteiger partial charge in [-0.05, 0) is 52.1 Å². The first-order valence-corrected chi connectivity index (χ1v) is 16.8. The third kappa shape index (κ3) is 21.8. The van der Waals surface area contributed by atoms with Gasteiger partial charge >= 0.3 is 26.2 Å². The van der Waals surface area contributed by atoms with Gasteiger partial charge in [0.25, 0.3) is 0 Å². The van der Waals surface area contributed by atoms with Crippen molar-refractivity contribution in [1.29, 1.82) is 0 Å². The topological polar surface area (TPSA) is 18.5 Å². The molecule has 29 heavy (non-hydrogen) atoms. The average molecular weight is 553 g/mol. The van der Waals surface area contributed by atoms with Gasteiger partial charge in [-0.3, -0.25) is 12.2 Å². The second kappa shape index (κ2) is 18.4. The predicted molar refractivity (Wildman–Crippen MR) is 118 cm³/mol. The van der Waals surface area contributed by atoms with Gasteiger partial charge in [-0.15, -0.1) is 12.8 Å². The van der Waals surface area contributed by atoms with Crippen LogP contribution < -0.4 is 24.8 Å². The minimum atomic E-state index is -1.28. The second-order valence-corrected chi connectivity index (χ2v) is 17.8. The molecule has 2 aliphatic carbocycles. The van der Waals surface area contributed by atoms with E-state index in [-0.39, 0.29) is 51.0 Å². The number of rotatable bonds is 10. The Hall–Kier alpha value is 0.777. The number of hydrogen-bond donors (Lipinski definition) is 0. The first-order chi connectivity index (χ1) is 12.2. The van der Waals surface area contributed by atoms with Gasteiger partial charge < -0.3 is 33.7 Å². The Morgan fingerprint density at radius 2 is 1.07 bits per heavy atom. The molecule has 0 amide bonds. The van der Waals surface area contributed by atoms with Gasteiger partial charge in [-0.2, -0.15) is 12.2 Å². The van der Waals surface area contributed by atoms with Gasteiger partial charge in [-0.25, -0.2) is 23.3 Å². The first kappa shape index (κ1) is 34.4. The van der Waals surface area contributed by atoms with Crippen molar-refractivity contribution in [2.24, 2.45) is 0 Å². The summed E-state index contributed by atoms with van der Waals surface area (Å²) >= 11 is 0. The van der Waals surface area contributed by atoms with Crippen molar-refractivity contribution < 1.29 is 59.9 Å². The van der Waals surface area contributed by atoms with E-state index in [0.29, 0.717) is 0 Å². The number of hydrogen-bond acceptors (Lipinski definition) is 2. The van der Waals surface area contributed by atoms with Crippen molar-refractivity contribution >= 4 is 16.6 Å². The van der Waals surface area contributed by atoms with Gasteiger partial charge in [0.15, 0.2) is 16.6 Å². The van der Waals surface area contributed by atoms with E-state index in [1.54, 1.807) is 0 Å². The van der Waals surface area contributed by atoms with Crippen LogP contribution in [0.15, 0.2) is 35.5 Å². The normalized spacial score (nSPS) is 14.7. The summed E-state index contributed by atoms with van der Waals surface area (Å²) in [7, 11) is -2.56. The second-order valence-electron chi connectivity index (χ2n) is 8.75. The van der Waals surface area contributed by atoms with Crippen molar-refractivity contribution in [3.8, 4) is 0 Å². The Morgan fingerprint density at radius 1 is 0.724 bits per heavy atom. The fourth-order valence-electron chi connectivity index (χ4n) is 2.53. The van der Waals surface area contributed by atoms with Gasteiger partial charge in [-0.1, -0.05) is 12.8 Å². The van der Waals surface area contributed by atoms with Crippen molar-refractivity contribution in [1.82, 2.24) is 0 Å². The van der Waals surface area contributed by atoms with Crippen LogP contribution in [-0.2, 0) is 35.1 Å². The molecule has 2 rings (SSSR count). The summed E-state index contributed by atoms with van der Waals surface area (Å²) in [5.74, 6) is 0. The van der Waals surface area contributed by atoms with E-state index in [2.05, 4.69) is 75.7 Å². The van der Waals surface area contributed by atoms with Gasteiger partial charge in [0, 0.05) is 13.2 Å². The zero-order valence-corrected chi connectivity index (χ0v) is 25.0.